The molecule has 3 aromatic rings. The molecular weight excluding hydrogens is 376 g/mol. The minimum absolute atomic E-state index is 0.0727. The summed E-state index contributed by atoms with van der Waals surface area (Å²) in [7, 11) is 0. The SMILES string of the molecule is C[C@@H](CO)NC(=O)c1cc(-c2ccc(Cl)cc2)nn(-c2cnsc2)c1=O. The Balaban J connectivity index is 2.15. The van der Waals surface area contributed by atoms with Crippen LogP contribution < -0.4 is 10.9 Å². The van der Waals surface area contributed by atoms with Crippen molar-refractivity contribution < 1.29 is 9.90 Å². The van der Waals surface area contributed by atoms with Gasteiger partial charge >= 0.3 is 0 Å². The number of hydrogen-bond donors (Lipinski definition) is 2. The molecule has 0 aliphatic rings. The van der Waals surface area contributed by atoms with Crippen molar-refractivity contribution in [3.05, 3.63) is 62.8 Å². The fourth-order valence-electron chi connectivity index (χ4n) is 2.25. The second-order valence-electron chi connectivity index (χ2n) is 5.61. The van der Waals surface area contributed by atoms with Crippen LogP contribution in [0.1, 0.15) is 17.3 Å². The van der Waals surface area contributed by atoms with E-state index in [1.165, 1.54) is 23.8 Å². The van der Waals surface area contributed by atoms with Gasteiger partial charge in [0, 0.05) is 22.0 Å². The van der Waals surface area contributed by atoms with Crippen molar-refractivity contribution in [2.45, 2.75) is 13.0 Å². The van der Waals surface area contributed by atoms with Crippen molar-refractivity contribution in [1.82, 2.24) is 19.5 Å². The Labute approximate surface area is 158 Å². The Morgan fingerprint density at radius 1 is 1.38 bits per heavy atom. The van der Waals surface area contributed by atoms with Crippen molar-refractivity contribution in [1.29, 1.82) is 0 Å². The monoisotopic (exact) mass is 390 g/mol. The van der Waals surface area contributed by atoms with E-state index in [-0.39, 0.29) is 12.2 Å². The molecule has 2 N–H and O–H groups in total. The Bertz CT molecular complexity index is 971. The number of carbonyl (C=O) groups excluding carboxylic acids is 1. The van der Waals surface area contributed by atoms with Crippen LogP contribution in [0.2, 0.25) is 5.02 Å². The lowest BCUT2D eigenvalue weighted by atomic mass is 10.1. The van der Waals surface area contributed by atoms with E-state index >= 15 is 0 Å². The summed E-state index contributed by atoms with van der Waals surface area (Å²) in [5, 5.41) is 18.3. The lowest BCUT2D eigenvalue weighted by Crippen LogP contribution is -2.39. The number of rotatable bonds is 5. The standard InChI is InChI=1S/C17H15ClN4O3S/c1-10(8-23)20-16(24)14-6-15(11-2-4-12(18)5-3-11)21-22(17(14)25)13-7-19-26-9-13/h2-7,9-10,23H,8H2,1H3,(H,20,24)/t10-/m0/s1. The molecule has 1 aromatic carbocycles. The zero-order valence-electron chi connectivity index (χ0n) is 13.7. The van der Waals surface area contributed by atoms with Gasteiger partial charge in [0.15, 0.2) is 0 Å². The zero-order valence-corrected chi connectivity index (χ0v) is 15.3. The van der Waals surface area contributed by atoms with E-state index in [0.717, 1.165) is 4.68 Å². The van der Waals surface area contributed by atoms with Gasteiger partial charge in [-0.25, -0.2) is 0 Å². The van der Waals surface area contributed by atoms with Gasteiger partial charge in [-0.3, -0.25) is 9.59 Å². The van der Waals surface area contributed by atoms with E-state index < -0.39 is 17.5 Å². The van der Waals surface area contributed by atoms with Crippen LogP contribution in [0.3, 0.4) is 0 Å². The first-order valence-corrected chi connectivity index (χ1v) is 8.93. The van der Waals surface area contributed by atoms with Crippen LogP contribution in [0, 0.1) is 0 Å². The first-order valence-electron chi connectivity index (χ1n) is 7.71. The van der Waals surface area contributed by atoms with Crippen molar-refractivity contribution >= 4 is 29.0 Å². The first kappa shape index (κ1) is 18.2. The molecule has 1 atom stereocenters. The number of nitrogens with zero attached hydrogens (tertiary/aromatic N) is 3. The number of nitrogens with one attached hydrogen (secondary N) is 1. The number of halogens is 1. The number of aliphatic hydroxyl groups excluding tert-OH is 1. The molecule has 0 saturated carbocycles. The molecular formula is C17H15ClN4O3S. The number of aliphatic hydroxyl groups is 1. The third kappa shape index (κ3) is 3.82. The Kier molecular flexibility index (Phi) is 5.46. The second-order valence-corrected chi connectivity index (χ2v) is 6.70. The van der Waals surface area contributed by atoms with Gasteiger partial charge in [0.1, 0.15) is 5.56 Å². The van der Waals surface area contributed by atoms with Crippen molar-refractivity contribution in [2.24, 2.45) is 0 Å². The van der Waals surface area contributed by atoms with Crippen LogP contribution >= 0.6 is 23.1 Å². The maximum atomic E-state index is 12.7. The summed E-state index contributed by atoms with van der Waals surface area (Å²) in [6.07, 6.45) is 1.50. The van der Waals surface area contributed by atoms with Gasteiger partial charge in [-0.15, -0.1) is 0 Å². The molecule has 0 aliphatic carbocycles. The lowest BCUT2D eigenvalue weighted by molar-refractivity contribution is 0.0920. The predicted molar refractivity (Wildman–Crippen MR) is 100.0 cm³/mol. The van der Waals surface area contributed by atoms with Gasteiger partial charge in [0.2, 0.25) is 0 Å². The van der Waals surface area contributed by atoms with Gasteiger partial charge in [-0.05, 0) is 36.7 Å². The molecule has 0 unspecified atom stereocenters. The average Bonchev–Trinajstić information content (AvgIpc) is 3.17. The quantitative estimate of drug-likeness (QED) is 0.695. The molecule has 0 aliphatic heterocycles. The van der Waals surface area contributed by atoms with Gasteiger partial charge < -0.3 is 10.4 Å². The smallest absolute Gasteiger partial charge is 0.284 e. The van der Waals surface area contributed by atoms with Gasteiger partial charge in [0.05, 0.1) is 24.2 Å². The molecule has 0 spiro atoms. The van der Waals surface area contributed by atoms with E-state index in [0.29, 0.717) is 22.0 Å². The van der Waals surface area contributed by atoms with Crippen molar-refractivity contribution in [3.8, 4) is 16.9 Å². The summed E-state index contributed by atoms with van der Waals surface area (Å²) in [6.45, 7) is 1.41. The van der Waals surface area contributed by atoms with Crippen LogP contribution in [0.5, 0.6) is 0 Å². The van der Waals surface area contributed by atoms with E-state index in [2.05, 4.69) is 14.8 Å². The van der Waals surface area contributed by atoms with Crippen molar-refractivity contribution in [2.75, 3.05) is 6.61 Å². The third-order valence-electron chi connectivity index (χ3n) is 3.61. The van der Waals surface area contributed by atoms with Crippen LogP contribution in [0.15, 0.2) is 46.7 Å². The molecule has 1 amide bonds. The van der Waals surface area contributed by atoms with Crippen molar-refractivity contribution in [3.63, 3.8) is 0 Å². The summed E-state index contributed by atoms with van der Waals surface area (Å²) < 4.78 is 5.13. The number of carbonyl (C=O) groups is 1. The average molecular weight is 391 g/mol. The fraction of sp³-hybridized carbons (Fsp3) is 0.176. The normalized spacial score (nSPS) is 12.0. The molecule has 9 heteroatoms. The molecule has 134 valence electrons. The van der Waals surface area contributed by atoms with Crippen LogP contribution in [0.25, 0.3) is 16.9 Å². The maximum absolute atomic E-state index is 12.7. The maximum Gasteiger partial charge on any atom is 0.284 e. The fourth-order valence-corrected chi connectivity index (χ4v) is 2.87. The number of aromatic nitrogens is 3. The molecule has 26 heavy (non-hydrogen) atoms. The van der Waals surface area contributed by atoms with E-state index in [1.54, 1.807) is 36.6 Å². The number of hydrogen-bond acceptors (Lipinski definition) is 6. The molecule has 2 aromatic heterocycles. The highest BCUT2D eigenvalue weighted by Gasteiger charge is 2.19. The van der Waals surface area contributed by atoms with E-state index in [4.69, 9.17) is 16.7 Å². The first-order chi connectivity index (χ1) is 12.5. The molecule has 0 saturated heterocycles. The highest BCUT2D eigenvalue weighted by molar-refractivity contribution is 7.03. The Hall–Kier alpha value is -2.55. The minimum atomic E-state index is -0.578. The molecule has 0 bridgehead atoms. The molecule has 3 rings (SSSR count). The summed E-state index contributed by atoms with van der Waals surface area (Å²) in [5.41, 5.74) is 0.979. The Morgan fingerprint density at radius 3 is 2.73 bits per heavy atom. The molecule has 0 radical (unpaired) electrons. The van der Waals surface area contributed by atoms with Crippen LogP contribution in [-0.4, -0.2) is 37.8 Å². The highest BCUT2D eigenvalue weighted by atomic mass is 35.5. The molecule has 2 heterocycles. The van der Waals surface area contributed by atoms with Crippen LogP contribution in [-0.2, 0) is 0 Å². The topological polar surface area (TPSA) is 97.1 Å². The minimum Gasteiger partial charge on any atom is -0.394 e. The number of amides is 1. The lowest BCUT2D eigenvalue weighted by Gasteiger charge is -2.13. The Morgan fingerprint density at radius 2 is 2.12 bits per heavy atom. The molecule has 0 fully saturated rings. The van der Waals surface area contributed by atoms with E-state index in [1.807, 2.05) is 0 Å². The third-order valence-corrected chi connectivity index (χ3v) is 4.44. The largest absolute Gasteiger partial charge is 0.394 e. The van der Waals surface area contributed by atoms with Gasteiger partial charge in [-0.2, -0.15) is 14.2 Å². The zero-order chi connectivity index (χ0) is 18.7. The highest BCUT2D eigenvalue weighted by Crippen LogP contribution is 2.20. The van der Waals surface area contributed by atoms with Crippen LogP contribution in [0.4, 0.5) is 0 Å². The summed E-state index contributed by atoms with van der Waals surface area (Å²) >= 11 is 7.10. The predicted octanol–water partition coefficient (Wildman–Crippen LogP) is 2.12. The van der Waals surface area contributed by atoms with Gasteiger partial charge in [-0.1, -0.05) is 23.7 Å². The summed E-state index contributed by atoms with van der Waals surface area (Å²) in [4.78, 5) is 25.2. The van der Waals surface area contributed by atoms with Gasteiger partial charge in [0.25, 0.3) is 11.5 Å². The number of benzene rings is 1. The second kappa shape index (κ2) is 7.77. The van der Waals surface area contributed by atoms with E-state index in [9.17, 15) is 9.59 Å². The molecule has 7 nitrogen and oxygen atoms in total. The summed E-state index contributed by atoms with van der Waals surface area (Å²) in [6, 6.07) is 7.86. The summed E-state index contributed by atoms with van der Waals surface area (Å²) in [5.74, 6) is -0.578.